The van der Waals surface area contributed by atoms with Crippen LogP contribution in [0.1, 0.15) is 33.9 Å². The Labute approximate surface area is 210 Å². The third-order valence-electron chi connectivity index (χ3n) is 5.60. The van der Waals surface area contributed by atoms with Gasteiger partial charge < -0.3 is 19.7 Å². The quantitative estimate of drug-likeness (QED) is 0.296. The van der Waals surface area contributed by atoms with E-state index in [2.05, 4.69) is 10.3 Å². The van der Waals surface area contributed by atoms with Gasteiger partial charge in [0.15, 0.2) is 5.11 Å². The Morgan fingerprint density at radius 3 is 2.56 bits per heavy atom. The van der Waals surface area contributed by atoms with Crippen LogP contribution in [0.2, 0.25) is 10.0 Å². The molecule has 0 spiro atoms. The number of anilines is 1. The Kier molecular flexibility index (Phi) is 6.00. The first kappa shape index (κ1) is 22.4. The monoisotopic (exact) mass is 509 g/mol. The summed E-state index contributed by atoms with van der Waals surface area (Å²) in [5.41, 5.74) is 2.26. The fraction of sp³-hybridized carbons (Fsp3) is 0.0800. The van der Waals surface area contributed by atoms with E-state index in [1.807, 2.05) is 41.3 Å². The molecular weight excluding hydrogens is 493 g/mol. The van der Waals surface area contributed by atoms with Crippen molar-refractivity contribution in [3.8, 4) is 11.3 Å². The molecule has 9 heteroatoms. The maximum Gasteiger partial charge on any atom is 0.335 e. The molecular formula is C25H17Cl2N3O3S. The fourth-order valence-electron chi connectivity index (χ4n) is 4.03. The van der Waals surface area contributed by atoms with E-state index in [0.29, 0.717) is 32.2 Å². The van der Waals surface area contributed by atoms with Crippen molar-refractivity contribution in [2.24, 2.45) is 0 Å². The molecule has 0 unspecified atom stereocenters. The molecule has 1 fully saturated rings. The largest absolute Gasteiger partial charge is 0.478 e. The zero-order valence-corrected chi connectivity index (χ0v) is 19.8. The molecule has 0 radical (unpaired) electrons. The second kappa shape index (κ2) is 9.10. The van der Waals surface area contributed by atoms with Crippen LogP contribution in [-0.2, 0) is 0 Å². The minimum absolute atomic E-state index is 0.121. The summed E-state index contributed by atoms with van der Waals surface area (Å²) in [4.78, 5) is 17.9. The van der Waals surface area contributed by atoms with Crippen LogP contribution >= 0.6 is 35.4 Å². The first-order valence-electron chi connectivity index (χ1n) is 10.3. The number of carboxylic acid groups (broad SMARTS) is 1. The first-order chi connectivity index (χ1) is 16.4. The van der Waals surface area contributed by atoms with Crippen molar-refractivity contribution < 1.29 is 14.3 Å². The predicted molar refractivity (Wildman–Crippen MR) is 135 cm³/mol. The van der Waals surface area contributed by atoms with Crippen LogP contribution in [0.3, 0.4) is 0 Å². The van der Waals surface area contributed by atoms with Crippen molar-refractivity contribution in [2.45, 2.75) is 12.1 Å². The number of benzene rings is 2. The number of aromatic nitrogens is 1. The molecule has 1 aliphatic rings. The molecule has 0 bridgehead atoms. The van der Waals surface area contributed by atoms with Gasteiger partial charge in [0.25, 0.3) is 0 Å². The third kappa shape index (κ3) is 4.14. The predicted octanol–water partition coefficient (Wildman–Crippen LogP) is 6.52. The lowest BCUT2D eigenvalue weighted by molar-refractivity contribution is 0.0697. The van der Waals surface area contributed by atoms with Crippen molar-refractivity contribution in [2.75, 3.05) is 4.90 Å². The number of aromatic carboxylic acids is 1. The number of hydrogen-bond donors (Lipinski definition) is 2. The second-order valence-corrected chi connectivity index (χ2v) is 8.91. The van der Waals surface area contributed by atoms with Crippen molar-refractivity contribution in [3.05, 3.63) is 106 Å². The average molecular weight is 510 g/mol. The molecule has 2 aromatic heterocycles. The number of carboxylic acids is 1. The number of halogens is 2. The Bertz CT molecular complexity index is 1380. The van der Waals surface area contributed by atoms with Gasteiger partial charge in [0, 0.05) is 22.5 Å². The van der Waals surface area contributed by atoms with E-state index in [0.717, 1.165) is 11.4 Å². The number of hydrogen-bond acceptors (Lipinski definition) is 4. The SMILES string of the molecule is O=C(O)c1ccc(Cl)c(-c2ccc([C@@H]3[C@H](c4ccccn4)NC(=S)N3c3ccc(Cl)cc3)o2)c1. The van der Waals surface area contributed by atoms with E-state index >= 15 is 0 Å². The van der Waals surface area contributed by atoms with Crippen molar-refractivity contribution in [1.29, 1.82) is 0 Å². The minimum Gasteiger partial charge on any atom is -0.478 e. The average Bonchev–Trinajstić information content (AvgIpc) is 3.45. The highest BCUT2D eigenvalue weighted by Gasteiger charge is 2.42. The van der Waals surface area contributed by atoms with Gasteiger partial charge in [0.2, 0.25) is 0 Å². The van der Waals surface area contributed by atoms with Gasteiger partial charge in [-0.15, -0.1) is 0 Å². The third-order valence-corrected chi connectivity index (χ3v) is 6.50. The summed E-state index contributed by atoms with van der Waals surface area (Å²) in [5.74, 6) is 0.0284. The maximum absolute atomic E-state index is 11.5. The number of rotatable bonds is 5. The van der Waals surface area contributed by atoms with Crippen LogP contribution in [0.5, 0.6) is 0 Å². The first-order valence-corrected chi connectivity index (χ1v) is 11.5. The van der Waals surface area contributed by atoms with Crippen LogP contribution < -0.4 is 10.2 Å². The minimum atomic E-state index is -1.04. The summed E-state index contributed by atoms with van der Waals surface area (Å²) in [6.45, 7) is 0. The Hall–Kier alpha value is -3.39. The molecule has 1 aliphatic heterocycles. The van der Waals surface area contributed by atoms with Crippen LogP contribution in [0.4, 0.5) is 5.69 Å². The molecule has 5 rings (SSSR count). The van der Waals surface area contributed by atoms with E-state index in [-0.39, 0.29) is 17.6 Å². The summed E-state index contributed by atoms with van der Waals surface area (Å²) in [6, 6.07) is 20.5. The highest BCUT2D eigenvalue weighted by molar-refractivity contribution is 7.80. The van der Waals surface area contributed by atoms with E-state index in [1.54, 1.807) is 30.5 Å². The van der Waals surface area contributed by atoms with Gasteiger partial charge in [-0.2, -0.15) is 0 Å². The maximum atomic E-state index is 11.5. The van der Waals surface area contributed by atoms with Crippen LogP contribution in [0.15, 0.2) is 83.4 Å². The molecule has 4 aromatic rings. The van der Waals surface area contributed by atoms with Gasteiger partial charge in [-0.1, -0.05) is 29.3 Å². The summed E-state index contributed by atoms with van der Waals surface area (Å²) in [7, 11) is 0. The fourth-order valence-corrected chi connectivity index (χ4v) is 4.71. The zero-order valence-electron chi connectivity index (χ0n) is 17.5. The van der Waals surface area contributed by atoms with Gasteiger partial charge in [0.1, 0.15) is 17.6 Å². The van der Waals surface area contributed by atoms with E-state index in [4.69, 9.17) is 39.8 Å². The molecule has 2 N–H and O–H groups in total. The molecule has 34 heavy (non-hydrogen) atoms. The van der Waals surface area contributed by atoms with Crippen LogP contribution in [-0.4, -0.2) is 21.2 Å². The molecule has 1 saturated heterocycles. The van der Waals surface area contributed by atoms with Crippen molar-refractivity contribution >= 4 is 52.2 Å². The van der Waals surface area contributed by atoms with Crippen molar-refractivity contribution in [3.63, 3.8) is 0 Å². The van der Waals surface area contributed by atoms with E-state index in [9.17, 15) is 9.90 Å². The highest BCUT2D eigenvalue weighted by Crippen LogP contribution is 2.43. The Balaban J connectivity index is 1.61. The zero-order chi connectivity index (χ0) is 23.8. The molecule has 2 atom stereocenters. The Morgan fingerprint density at radius 2 is 1.85 bits per heavy atom. The number of furan rings is 1. The molecule has 170 valence electrons. The standard InChI is InChI=1S/C25H17Cl2N3O3S/c26-15-5-7-16(8-6-15)30-23(22(29-25(30)34)19-3-1-2-12-28-19)21-11-10-20(33-21)17-13-14(24(31)32)4-9-18(17)27/h1-13,22-23H,(H,29,34)(H,31,32)/t22-,23+/m0/s1. The van der Waals surface area contributed by atoms with Crippen molar-refractivity contribution in [1.82, 2.24) is 10.3 Å². The highest BCUT2D eigenvalue weighted by atomic mass is 35.5. The number of nitrogens with one attached hydrogen (secondary N) is 1. The lowest BCUT2D eigenvalue weighted by Gasteiger charge is -2.26. The topological polar surface area (TPSA) is 78.6 Å². The van der Waals surface area contributed by atoms with Crippen LogP contribution in [0.25, 0.3) is 11.3 Å². The summed E-state index contributed by atoms with van der Waals surface area (Å²) in [6.07, 6.45) is 1.73. The molecule has 0 amide bonds. The molecule has 0 aliphatic carbocycles. The van der Waals surface area contributed by atoms with Gasteiger partial charge in [-0.05, 0) is 78.9 Å². The second-order valence-electron chi connectivity index (χ2n) is 7.67. The van der Waals surface area contributed by atoms with Gasteiger partial charge in [-0.3, -0.25) is 4.98 Å². The van der Waals surface area contributed by atoms with E-state index < -0.39 is 5.97 Å². The normalized spacial score (nSPS) is 17.6. The molecule has 2 aromatic carbocycles. The van der Waals surface area contributed by atoms with Gasteiger partial charge in [0.05, 0.1) is 22.3 Å². The van der Waals surface area contributed by atoms with Gasteiger partial charge in [-0.25, -0.2) is 4.79 Å². The Morgan fingerprint density at radius 1 is 1.06 bits per heavy atom. The number of pyridine rings is 1. The summed E-state index contributed by atoms with van der Waals surface area (Å²) in [5, 5.41) is 14.3. The summed E-state index contributed by atoms with van der Waals surface area (Å²) >= 11 is 18.2. The molecule has 3 heterocycles. The lowest BCUT2D eigenvalue weighted by atomic mass is 10.0. The lowest BCUT2D eigenvalue weighted by Crippen LogP contribution is -2.29. The summed E-state index contributed by atoms with van der Waals surface area (Å²) < 4.78 is 6.27. The van der Waals surface area contributed by atoms with Gasteiger partial charge >= 0.3 is 5.97 Å². The number of carbonyl (C=O) groups is 1. The number of thiocarbonyl (C=S) groups is 1. The smallest absolute Gasteiger partial charge is 0.335 e. The molecule has 0 saturated carbocycles. The number of nitrogens with zero attached hydrogens (tertiary/aromatic N) is 2. The molecule has 6 nitrogen and oxygen atoms in total. The van der Waals surface area contributed by atoms with Crippen LogP contribution in [0, 0.1) is 0 Å². The van der Waals surface area contributed by atoms with E-state index in [1.165, 1.54) is 12.1 Å².